The summed E-state index contributed by atoms with van der Waals surface area (Å²) < 4.78 is 6.84. The SMILES string of the molecule is COc1ccccc1/C=N/NC(=O)c1ccn(Cc2ccc(Cl)cc2Cl)n1. The van der Waals surface area contributed by atoms with Gasteiger partial charge in [-0.3, -0.25) is 9.48 Å². The number of hydrazone groups is 1. The van der Waals surface area contributed by atoms with Crippen molar-refractivity contribution in [3.8, 4) is 5.75 Å². The van der Waals surface area contributed by atoms with E-state index in [0.29, 0.717) is 22.3 Å². The third kappa shape index (κ3) is 4.87. The van der Waals surface area contributed by atoms with Crippen LogP contribution in [-0.4, -0.2) is 29.0 Å². The van der Waals surface area contributed by atoms with Crippen LogP contribution >= 0.6 is 23.2 Å². The molecule has 27 heavy (non-hydrogen) atoms. The highest BCUT2D eigenvalue weighted by molar-refractivity contribution is 6.35. The minimum atomic E-state index is -0.415. The molecule has 6 nitrogen and oxygen atoms in total. The molecule has 3 rings (SSSR count). The Morgan fingerprint density at radius 1 is 1.26 bits per heavy atom. The number of aromatic nitrogens is 2. The summed E-state index contributed by atoms with van der Waals surface area (Å²) in [7, 11) is 1.57. The number of methoxy groups -OCH3 is 1. The number of para-hydroxylation sites is 1. The number of amides is 1. The molecule has 0 spiro atoms. The lowest BCUT2D eigenvalue weighted by atomic mass is 10.2. The maximum absolute atomic E-state index is 12.2. The van der Waals surface area contributed by atoms with Gasteiger partial charge < -0.3 is 4.74 Å². The van der Waals surface area contributed by atoms with E-state index in [1.54, 1.807) is 36.2 Å². The molecule has 1 aromatic heterocycles. The number of nitrogens with one attached hydrogen (secondary N) is 1. The molecule has 0 unspecified atom stereocenters. The number of rotatable bonds is 6. The van der Waals surface area contributed by atoms with Gasteiger partial charge in [-0.1, -0.05) is 41.4 Å². The second-order valence-corrected chi connectivity index (χ2v) is 6.42. The van der Waals surface area contributed by atoms with Crippen LogP contribution in [0.4, 0.5) is 0 Å². The summed E-state index contributed by atoms with van der Waals surface area (Å²) in [5.74, 6) is 0.252. The molecule has 0 aliphatic carbocycles. The Kier molecular flexibility index (Phi) is 6.11. The van der Waals surface area contributed by atoms with E-state index in [-0.39, 0.29) is 5.69 Å². The summed E-state index contributed by atoms with van der Waals surface area (Å²) in [5, 5.41) is 9.31. The highest BCUT2D eigenvalue weighted by Crippen LogP contribution is 2.21. The Labute approximate surface area is 166 Å². The van der Waals surface area contributed by atoms with Crippen molar-refractivity contribution in [3.05, 3.63) is 81.6 Å². The van der Waals surface area contributed by atoms with Gasteiger partial charge in [0.05, 0.1) is 19.9 Å². The quantitative estimate of drug-likeness (QED) is 0.500. The number of hydrogen-bond donors (Lipinski definition) is 1. The highest BCUT2D eigenvalue weighted by Gasteiger charge is 2.10. The number of ether oxygens (including phenoxy) is 1. The predicted molar refractivity (Wildman–Crippen MR) is 106 cm³/mol. The van der Waals surface area contributed by atoms with Crippen molar-refractivity contribution >= 4 is 35.3 Å². The normalized spacial score (nSPS) is 10.9. The van der Waals surface area contributed by atoms with Crippen molar-refractivity contribution in [3.63, 3.8) is 0 Å². The smallest absolute Gasteiger partial charge is 0.291 e. The van der Waals surface area contributed by atoms with Gasteiger partial charge in [-0.15, -0.1) is 0 Å². The molecule has 2 aromatic carbocycles. The van der Waals surface area contributed by atoms with Gasteiger partial charge in [-0.05, 0) is 35.9 Å². The molecule has 0 radical (unpaired) electrons. The second kappa shape index (κ2) is 8.70. The molecule has 0 aliphatic rings. The predicted octanol–water partition coefficient (Wildman–Crippen LogP) is 4.01. The van der Waals surface area contributed by atoms with Crippen molar-refractivity contribution < 1.29 is 9.53 Å². The molecule has 8 heteroatoms. The average Bonchev–Trinajstić information content (AvgIpc) is 3.13. The maximum atomic E-state index is 12.2. The van der Waals surface area contributed by atoms with Gasteiger partial charge in [0, 0.05) is 21.8 Å². The van der Waals surface area contributed by atoms with E-state index in [4.69, 9.17) is 27.9 Å². The molecule has 1 amide bonds. The van der Waals surface area contributed by atoms with Gasteiger partial charge in [-0.2, -0.15) is 10.2 Å². The van der Waals surface area contributed by atoms with Crippen molar-refractivity contribution in [2.75, 3.05) is 7.11 Å². The summed E-state index contributed by atoms with van der Waals surface area (Å²) in [6, 6.07) is 14.2. The third-order valence-electron chi connectivity index (χ3n) is 3.73. The van der Waals surface area contributed by atoms with E-state index in [2.05, 4.69) is 15.6 Å². The number of benzene rings is 2. The molecular weight excluding hydrogens is 387 g/mol. The van der Waals surface area contributed by atoms with E-state index in [9.17, 15) is 4.79 Å². The molecule has 1 heterocycles. The fourth-order valence-corrected chi connectivity index (χ4v) is 2.85. The van der Waals surface area contributed by atoms with E-state index in [0.717, 1.165) is 11.1 Å². The van der Waals surface area contributed by atoms with Crippen LogP contribution in [0, 0.1) is 0 Å². The van der Waals surface area contributed by atoms with Gasteiger partial charge in [0.1, 0.15) is 5.75 Å². The van der Waals surface area contributed by atoms with Crippen molar-refractivity contribution in [1.82, 2.24) is 15.2 Å². The molecule has 0 fully saturated rings. The monoisotopic (exact) mass is 402 g/mol. The van der Waals surface area contributed by atoms with Gasteiger partial charge >= 0.3 is 0 Å². The molecule has 0 saturated carbocycles. The van der Waals surface area contributed by atoms with Crippen LogP contribution in [0.2, 0.25) is 10.0 Å². The van der Waals surface area contributed by atoms with Gasteiger partial charge in [-0.25, -0.2) is 5.43 Å². The zero-order valence-electron chi connectivity index (χ0n) is 14.4. The molecule has 0 aliphatic heterocycles. The lowest BCUT2D eigenvalue weighted by Crippen LogP contribution is -2.18. The van der Waals surface area contributed by atoms with Crippen LogP contribution in [0.15, 0.2) is 59.8 Å². The maximum Gasteiger partial charge on any atom is 0.291 e. The Hall–Kier alpha value is -2.83. The summed E-state index contributed by atoms with van der Waals surface area (Å²) in [6.45, 7) is 0.424. The standard InChI is InChI=1S/C19H16Cl2N4O2/c1-27-18-5-3-2-4-13(18)11-22-23-19(26)17-8-9-25(24-17)12-14-6-7-15(20)10-16(14)21/h2-11H,12H2,1H3,(H,23,26)/b22-11+. The minimum absolute atomic E-state index is 0.247. The molecular formula is C19H16Cl2N4O2. The van der Waals surface area contributed by atoms with Crippen LogP contribution in [0.1, 0.15) is 21.6 Å². The molecule has 0 atom stereocenters. The fourth-order valence-electron chi connectivity index (χ4n) is 2.39. The van der Waals surface area contributed by atoms with E-state index in [1.807, 2.05) is 30.3 Å². The zero-order valence-corrected chi connectivity index (χ0v) is 15.9. The van der Waals surface area contributed by atoms with Crippen molar-refractivity contribution in [2.24, 2.45) is 5.10 Å². The lowest BCUT2D eigenvalue weighted by molar-refractivity contribution is 0.0949. The van der Waals surface area contributed by atoms with Crippen LogP contribution in [0.3, 0.4) is 0 Å². The van der Waals surface area contributed by atoms with E-state index >= 15 is 0 Å². The van der Waals surface area contributed by atoms with Gasteiger partial charge in [0.2, 0.25) is 0 Å². The molecule has 138 valence electrons. The first-order valence-electron chi connectivity index (χ1n) is 8.00. The van der Waals surface area contributed by atoms with Crippen LogP contribution in [0.25, 0.3) is 0 Å². The molecule has 1 N–H and O–H groups in total. The van der Waals surface area contributed by atoms with Crippen molar-refractivity contribution in [2.45, 2.75) is 6.54 Å². The lowest BCUT2D eigenvalue weighted by Gasteiger charge is -2.05. The number of halogens is 2. The summed E-state index contributed by atoms with van der Waals surface area (Å²) in [5.41, 5.74) is 4.30. The Morgan fingerprint density at radius 3 is 2.85 bits per heavy atom. The zero-order chi connectivity index (χ0) is 19.2. The highest BCUT2D eigenvalue weighted by atomic mass is 35.5. The van der Waals surface area contributed by atoms with E-state index in [1.165, 1.54) is 6.21 Å². The Bertz CT molecular complexity index is 985. The Balaban J connectivity index is 1.64. The van der Waals surface area contributed by atoms with Crippen LogP contribution in [0.5, 0.6) is 5.75 Å². The largest absolute Gasteiger partial charge is 0.496 e. The summed E-state index contributed by atoms with van der Waals surface area (Å²) in [6.07, 6.45) is 3.21. The summed E-state index contributed by atoms with van der Waals surface area (Å²) in [4.78, 5) is 12.2. The minimum Gasteiger partial charge on any atom is -0.496 e. The number of nitrogens with zero attached hydrogens (tertiary/aromatic N) is 3. The molecule has 0 bridgehead atoms. The topological polar surface area (TPSA) is 68.5 Å². The average molecular weight is 403 g/mol. The first kappa shape index (κ1) is 18.9. The summed E-state index contributed by atoms with van der Waals surface area (Å²) >= 11 is 12.1. The second-order valence-electron chi connectivity index (χ2n) is 5.58. The molecule has 3 aromatic rings. The van der Waals surface area contributed by atoms with Crippen LogP contribution < -0.4 is 10.2 Å². The molecule has 0 saturated heterocycles. The first-order valence-corrected chi connectivity index (χ1v) is 8.76. The van der Waals surface area contributed by atoms with Crippen molar-refractivity contribution in [1.29, 1.82) is 0 Å². The number of carbonyl (C=O) groups is 1. The number of hydrogen-bond acceptors (Lipinski definition) is 4. The fraction of sp³-hybridized carbons (Fsp3) is 0.105. The first-order chi connectivity index (χ1) is 13.1. The third-order valence-corrected chi connectivity index (χ3v) is 4.32. The van der Waals surface area contributed by atoms with Gasteiger partial charge in [0.25, 0.3) is 5.91 Å². The van der Waals surface area contributed by atoms with E-state index < -0.39 is 5.91 Å². The number of carbonyl (C=O) groups excluding carboxylic acids is 1. The van der Waals surface area contributed by atoms with Crippen LogP contribution in [-0.2, 0) is 6.54 Å². The Morgan fingerprint density at radius 2 is 2.07 bits per heavy atom. The van der Waals surface area contributed by atoms with Gasteiger partial charge in [0.15, 0.2) is 5.69 Å².